The maximum atomic E-state index is 13.3. The van der Waals surface area contributed by atoms with Crippen LogP contribution < -0.4 is 16.0 Å². The normalized spacial score (nSPS) is 15.1. The number of anilines is 2. The van der Waals surface area contributed by atoms with Crippen LogP contribution in [0.4, 0.5) is 11.4 Å². The van der Waals surface area contributed by atoms with E-state index in [1.807, 2.05) is 6.07 Å². The molecule has 1 unspecified atom stereocenters. The summed E-state index contributed by atoms with van der Waals surface area (Å²) in [4.78, 5) is 47.6. The molecular weight excluding hydrogens is 460 g/mol. The quantitative estimate of drug-likeness (QED) is 0.405. The Bertz CT molecular complexity index is 1360. The Morgan fingerprint density at radius 1 is 1.08 bits per heavy atom. The van der Waals surface area contributed by atoms with Crippen molar-refractivity contribution < 1.29 is 19.5 Å². The number of guanidine groups is 1. The number of hydrogen-bond donors (Lipinski definition) is 4. The van der Waals surface area contributed by atoms with Crippen molar-refractivity contribution in [2.75, 3.05) is 23.7 Å². The number of benzene rings is 2. The molecule has 10 nitrogen and oxygen atoms in total. The van der Waals surface area contributed by atoms with E-state index < -0.39 is 12.0 Å². The van der Waals surface area contributed by atoms with Gasteiger partial charge in [0.05, 0.1) is 19.0 Å². The molecule has 0 bridgehead atoms. The molecule has 182 valence electrons. The van der Waals surface area contributed by atoms with Gasteiger partial charge in [0.1, 0.15) is 0 Å². The molecule has 3 heterocycles. The third-order valence-corrected chi connectivity index (χ3v) is 6.10. The van der Waals surface area contributed by atoms with Gasteiger partial charge in [-0.25, -0.2) is 0 Å². The van der Waals surface area contributed by atoms with Gasteiger partial charge in [-0.05, 0) is 53.6 Å². The zero-order valence-corrected chi connectivity index (χ0v) is 19.3. The number of carboxylic acid groups (broad SMARTS) is 1. The van der Waals surface area contributed by atoms with Crippen LogP contribution in [0.5, 0.6) is 0 Å². The lowest BCUT2D eigenvalue weighted by atomic mass is 10.0. The van der Waals surface area contributed by atoms with Crippen molar-refractivity contribution >= 4 is 35.1 Å². The van der Waals surface area contributed by atoms with E-state index in [1.54, 1.807) is 65.8 Å². The van der Waals surface area contributed by atoms with E-state index >= 15 is 0 Å². The second kappa shape index (κ2) is 9.87. The van der Waals surface area contributed by atoms with E-state index in [9.17, 15) is 19.5 Å². The molecule has 4 N–H and O–H groups in total. The monoisotopic (exact) mass is 484 g/mol. The van der Waals surface area contributed by atoms with Crippen LogP contribution in [-0.4, -0.2) is 51.8 Å². The number of nitrogens with one attached hydrogen (secondary N) is 3. The fourth-order valence-electron chi connectivity index (χ4n) is 4.37. The van der Waals surface area contributed by atoms with Gasteiger partial charge < -0.3 is 26.0 Å². The van der Waals surface area contributed by atoms with Crippen molar-refractivity contribution in [3.63, 3.8) is 0 Å². The molecule has 3 aromatic rings. The molecule has 36 heavy (non-hydrogen) atoms. The van der Waals surface area contributed by atoms with Gasteiger partial charge >= 0.3 is 5.97 Å². The molecule has 5 rings (SSSR count). The largest absolute Gasteiger partial charge is 0.481 e. The second-order valence-corrected chi connectivity index (χ2v) is 8.52. The SMILES string of the molecule is O=C(O)CC(c1ccncc1)N1Cc2ccc(NC(=O)c3cccc(NC4=NCCN4)c3)cc2C1=O. The van der Waals surface area contributed by atoms with Crippen LogP contribution in [0.25, 0.3) is 0 Å². The Labute approximate surface area is 207 Å². The summed E-state index contributed by atoms with van der Waals surface area (Å²) in [7, 11) is 0. The minimum absolute atomic E-state index is 0.223. The van der Waals surface area contributed by atoms with E-state index in [0.717, 1.165) is 17.8 Å². The number of amides is 2. The number of rotatable bonds is 7. The van der Waals surface area contributed by atoms with Gasteiger partial charge in [0.2, 0.25) is 0 Å². The average Bonchev–Trinajstić information content (AvgIpc) is 3.51. The fraction of sp³-hybridized carbons (Fsp3) is 0.192. The predicted octanol–water partition coefficient (Wildman–Crippen LogP) is 2.88. The van der Waals surface area contributed by atoms with Gasteiger partial charge in [-0.3, -0.25) is 24.4 Å². The Hall–Kier alpha value is -4.73. The lowest BCUT2D eigenvalue weighted by molar-refractivity contribution is -0.138. The smallest absolute Gasteiger partial charge is 0.305 e. The van der Waals surface area contributed by atoms with Crippen LogP contribution in [0, 0.1) is 0 Å². The standard InChI is InChI=1S/C26H24N6O4/c33-23(34)14-22(16-6-8-27-9-7-16)32-15-18-4-5-20(13-21(18)25(32)36)30-24(35)17-2-1-3-19(12-17)31-26-28-10-11-29-26/h1-9,12-13,22H,10-11,14-15H2,(H,30,35)(H,33,34)(H2,28,29,31). The van der Waals surface area contributed by atoms with Crippen LogP contribution in [-0.2, 0) is 11.3 Å². The topological polar surface area (TPSA) is 136 Å². The highest BCUT2D eigenvalue weighted by Crippen LogP contribution is 2.34. The van der Waals surface area contributed by atoms with Crippen molar-refractivity contribution in [3.8, 4) is 0 Å². The first-order valence-electron chi connectivity index (χ1n) is 11.5. The molecule has 1 atom stereocenters. The predicted molar refractivity (Wildman–Crippen MR) is 134 cm³/mol. The summed E-state index contributed by atoms with van der Waals surface area (Å²) < 4.78 is 0. The van der Waals surface area contributed by atoms with E-state index in [2.05, 4.69) is 25.9 Å². The van der Waals surface area contributed by atoms with Crippen LogP contribution in [0.3, 0.4) is 0 Å². The van der Waals surface area contributed by atoms with E-state index in [1.165, 1.54) is 0 Å². The number of carboxylic acids is 1. The van der Waals surface area contributed by atoms with Crippen LogP contribution in [0.15, 0.2) is 72.0 Å². The van der Waals surface area contributed by atoms with Crippen molar-refractivity contribution in [1.82, 2.24) is 15.2 Å². The third-order valence-electron chi connectivity index (χ3n) is 6.10. The van der Waals surface area contributed by atoms with Crippen LogP contribution in [0.2, 0.25) is 0 Å². The van der Waals surface area contributed by atoms with Gasteiger partial charge in [-0.2, -0.15) is 0 Å². The van der Waals surface area contributed by atoms with Gasteiger partial charge in [0, 0.05) is 48.0 Å². The number of carbonyl (C=O) groups excluding carboxylic acids is 2. The van der Waals surface area contributed by atoms with Gasteiger partial charge in [0.25, 0.3) is 11.8 Å². The minimum Gasteiger partial charge on any atom is -0.481 e. The fourth-order valence-corrected chi connectivity index (χ4v) is 4.37. The number of pyridine rings is 1. The Morgan fingerprint density at radius 2 is 1.92 bits per heavy atom. The van der Waals surface area contributed by atoms with E-state index in [0.29, 0.717) is 34.9 Å². The summed E-state index contributed by atoms with van der Waals surface area (Å²) >= 11 is 0. The number of hydrogen-bond acceptors (Lipinski definition) is 7. The maximum Gasteiger partial charge on any atom is 0.305 e. The molecule has 0 radical (unpaired) electrons. The molecule has 2 amide bonds. The number of aliphatic carboxylic acids is 1. The van der Waals surface area contributed by atoms with Crippen LogP contribution in [0.1, 0.15) is 44.3 Å². The Morgan fingerprint density at radius 3 is 2.67 bits per heavy atom. The molecular formula is C26H24N6O4. The molecule has 2 aliphatic heterocycles. The molecule has 2 aromatic carbocycles. The lowest BCUT2D eigenvalue weighted by Gasteiger charge is -2.26. The highest BCUT2D eigenvalue weighted by Gasteiger charge is 2.35. The van der Waals surface area contributed by atoms with Gasteiger partial charge in [-0.1, -0.05) is 12.1 Å². The highest BCUT2D eigenvalue weighted by atomic mass is 16.4. The molecule has 0 saturated heterocycles. The molecule has 1 aromatic heterocycles. The summed E-state index contributed by atoms with van der Waals surface area (Å²) in [6, 6.07) is 15.0. The lowest BCUT2D eigenvalue weighted by Crippen LogP contribution is -2.30. The minimum atomic E-state index is -0.999. The van der Waals surface area contributed by atoms with E-state index in [-0.39, 0.29) is 24.8 Å². The number of carbonyl (C=O) groups is 3. The molecule has 0 aliphatic carbocycles. The zero-order chi connectivity index (χ0) is 25.1. The number of aliphatic imine (C=N–C) groups is 1. The first kappa shape index (κ1) is 23.0. The first-order valence-corrected chi connectivity index (χ1v) is 11.5. The molecule has 0 saturated carbocycles. The molecule has 0 fully saturated rings. The highest BCUT2D eigenvalue weighted by molar-refractivity contribution is 6.07. The number of fused-ring (bicyclic) bond motifs is 1. The van der Waals surface area contributed by atoms with E-state index in [4.69, 9.17) is 0 Å². The summed E-state index contributed by atoms with van der Waals surface area (Å²) in [5.41, 5.74) is 3.58. The molecule has 10 heteroatoms. The third kappa shape index (κ3) is 4.88. The number of aromatic nitrogens is 1. The van der Waals surface area contributed by atoms with Crippen molar-refractivity contribution in [2.45, 2.75) is 19.0 Å². The summed E-state index contributed by atoms with van der Waals surface area (Å²) in [5.74, 6) is -0.925. The Kier molecular flexibility index (Phi) is 6.31. The van der Waals surface area contributed by atoms with Crippen LogP contribution >= 0.6 is 0 Å². The average molecular weight is 485 g/mol. The van der Waals surface area contributed by atoms with Crippen molar-refractivity contribution in [1.29, 1.82) is 0 Å². The van der Waals surface area contributed by atoms with Crippen molar-refractivity contribution in [2.24, 2.45) is 4.99 Å². The summed E-state index contributed by atoms with van der Waals surface area (Å²) in [6.07, 6.45) is 2.93. The summed E-state index contributed by atoms with van der Waals surface area (Å²) in [5, 5.41) is 18.6. The molecule has 0 spiro atoms. The zero-order valence-electron chi connectivity index (χ0n) is 19.3. The Balaban J connectivity index is 1.32. The maximum absolute atomic E-state index is 13.3. The number of nitrogens with zero attached hydrogens (tertiary/aromatic N) is 3. The molecule has 2 aliphatic rings. The van der Waals surface area contributed by atoms with Gasteiger partial charge in [0.15, 0.2) is 5.96 Å². The summed E-state index contributed by atoms with van der Waals surface area (Å²) in [6.45, 7) is 1.77. The van der Waals surface area contributed by atoms with Gasteiger partial charge in [-0.15, -0.1) is 0 Å². The first-order chi connectivity index (χ1) is 17.5. The second-order valence-electron chi connectivity index (χ2n) is 8.52. The van der Waals surface area contributed by atoms with Crippen molar-refractivity contribution in [3.05, 3.63) is 89.2 Å².